The van der Waals surface area contributed by atoms with Gasteiger partial charge in [0.15, 0.2) is 0 Å². The molecule has 1 aliphatic heterocycles. The van der Waals surface area contributed by atoms with Gasteiger partial charge in [0.05, 0.1) is 5.56 Å². The third kappa shape index (κ3) is 2.88. The highest BCUT2D eigenvalue weighted by atomic mass is 127. The van der Waals surface area contributed by atoms with Crippen molar-refractivity contribution in [3.8, 4) is 0 Å². The van der Waals surface area contributed by atoms with Gasteiger partial charge in [0.1, 0.15) is 0 Å². The van der Waals surface area contributed by atoms with E-state index in [1.165, 1.54) is 0 Å². The average Bonchev–Trinajstić information content (AvgIpc) is 2.32. The van der Waals surface area contributed by atoms with Gasteiger partial charge in [-0.1, -0.05) is 15.9 Å². The van der Waals surface area contributed by atoms with Crippen molar-refractivity contribution in [2.75, 3.05) is 13.1 Å². The molecule has 3 nitrogen and oxygen atoms in total. The minimum absolute atomic E-state index is 0.127. The van der Waals surface area contributed by atoms with Gasteiger partial charge in [0, 0.05) is 33.2 Å². The molecule has 0 aliphatic carbocycles. The highest BCUT2D eigenvalue weighted by molar-refractivity contribution is 14.1. The molecular formula is C13H16BrIN2O. The summed E-state index contributed by atoms with van der Waals surface area (Å²) in [5.41, 5.74) is 0.783. The van der Waals surface area contributed by atoms with Crippen LogP contribution in [0.5, 0.6) is 0 Å². The van der Waals surface area contributed by atoms with Gasteiger partial charge in [0.25, 0.3) is 5.91 Å². The normalized spacial score (nSPS) is 24.1. The molecule has 0 aromatic heterocycles. The predicted octanol–water partition coefficient (Wildman–Crippen LogP) is 2.88. The Balaban J connectivity index is 2.32. The number of nitrogens with zero attached hydrogens (tertiary/aromatic N) is 1. The van der Waals surface area contributed by atoms with E-state index in [2.05, 4.69) is 57.7 Å². The number of carbonyl (C=O) groups excluding carboxylic acids is 1. The average molecular weight is 423 g/mol. The lowest BCUT2D eigenvalue weighted by Gasteiger charge is -2.39. The molecule has 1 N–H and O–H groups in total. The second kappa shape index (κ2) is 5.88. The zero-order valence-corrected chi connectivity index (χ0v) is 14.2. The molecule has 1 heterocycles. The maximum atomic E-state index is 12.7. The number of hydrogen-bond acceptors (Lipinski definition) is 2. The molecule has 0 bridgehead atoms. The molecule has 98 valence electrons. The van der Waals surface area contributed by atoms with E-state index < -0.39 is 0 Å². The largest absolute Gasteiger partial charge is 0.331 e. The van der Waals surface area contributed by atoms with Gasteiger partial charge in [-0.25, -0.2) is 0 Å². The fourth-order valence-corrected chi connectivity index (χ4v) is 3.26. The first-order valence-electron chi connectivity index (χ1n) is 5.99. The lowest BCUT2D eigenvalue weighted by Crippen LogP contribution is -2.57. The highest BCUT2D eigenvalue weighted by Gasteiger charge is 2.30. The zero-order valence-electron chi connectivity index (χ0n) is 10.4. The van der Waals surface area contributed by atoms with Crippen LogP contribution >= 0.6 is 38.5 Å². The van der Waals surface area contributed by atoms with Crippen LogP contribution in [0.1, 0.15) is 24.2 Å². The van der Waals surface area contributed by atoms with Crippen LogP contribution in [0.15, 0.2) is 22.7 Å². The Hall–Kier alpha value is -0.140. The molecule has 0 saturated carbocycles. The summed E-state index contributed by atoms with van der Waals surface area (Å²) >= 11 is 5.65. The molecule has 1 aromatic carbocycles. The summed E-state index contributed by atoms with van der Waals surface area (Å²) in [5.74, 6) is 0.127. The molecule has 0 spiro atoms. The van der Waals surface area contributed by atoms with E-state index in [0.717, 1.165) is 26.7 Å². The number of carbonyl (C=O) groups is 1. The van der Waals surface area contributed by atoms with Crippen molar-refractivity contribution in [1.82, 2.24) is 10.2 Å². The van der Waals surface area contributed by atoms with E-state index in [-0.39, 0.29) is 18.0 Å². The van der Waals surface area contributed by atoms with Crippen LogP contribution in [-0.4, -0.2) is 36.0 Å². The van der Waals surface area contributed by atoms with E-state index in [1.54, 1.807) is 0 Å². The Labute approximate surface area is 130 Å². The van der Waals surface area contributed by atoms with Gasteiger partial charge >= 0.3 is 0 Å². The first-order chi connectivity index (χ1) is 8.50. The molecule has 1 aromatic rings. The molecular weight excluding hydrogens is 407 g/mol. The molecule has 1 aliphatic rings. The quantitative estimate of drug-likeness (QED) is 0.706. The molecule has 1 amide bonds. The van der Waals surface area contributed by atoms with E-state index in [4.69, 9.17) is 0 Å². The fraction of sp³-hybridized carbons (Fsp3) is 0.462. The summed E-state index contributed by atoms with van der Waals surface area (Å²) in [5, 5.41) is 3.34. The summed E-state index contributed by atoms with van der Waals surface area (Å²) in [7, 11) is 0. The SMILES string of the molecule is CC1CNCC(C)N1C(=O)c1cc(Br)ccc1I. The number of piperazine rings is 1. The van der Waals surface area contributed by atoms with Crippen LogP contribution < -0.4 is 5.32 Å². The lowest BCUT2D eigenvalue weighted by atomic mass is 10.1. The number of halogens is 2. The van der Waals surface area contributed by atoms with Crippen LogP contribution in [0.25, 0.3) is 0 Å². The Morgan fingerprint density at radius 2 is 2.00 bits per heavy atom. The van der Waals surface area contributed by atoms with Gasteiger partial charge in [0.2, 0.25) is 0 Å². The monoisotopic (exact) mass is 422 g/mol. The molecule has 2 rings (SSSR count). The molecule has 18 heavy (non-hydrogen) atoms. The van der Waals surface area contributed by atoms with Crippen molar-refractivity contribution < 1.29 is 4.79 Å². The van der Waals surface area contributed by atoms with E-state index in [9.17, 15) is 4.79 Å². The van der Waals surface area contributed by atoms with Gasteiger partial charge in [-0.3, -0.25) is 4.79 Å². The van der Waals surface area contributed by atoms with Crippen molar-refractivity contribution in [1.29, 1.82) is 0 Å². The molecule has 5 heteroatoms. The van der Waals surface area contributed by atoms with E-state index in [1.807, 2.05) is 23.1 Å². The second-order valence-electron chi connectivity index (χ2n) is 4.69. The second-order valence-corrected chi connectivity index (χ2v) is 6.77. The topological polar surface area (TPSA) is 32.3 Å². The van der Waals surface area contributed by atoms with Crippen molar-refractivity contribution in [3.63, 3.8) is 0 Å². The smallest absolute Gasteiger partial charge is 0.255 e. The van der Waals surface area contributed by atoms with E-state index in [0.29, 0.717) is 0 Å². The standard InChI is InChI=1S/C13H16BrIN2O/c1-8-6-16-7-9(2)17(8)13(18)11-5-10(14)3-4-12(11)15/h3-5,8-9,16H,6-7H2,1-2H3. The maximum Gasteiger partial charge on any atom is 0.255 e. The summed E-state index contributed by atoms with van der Waals surface area (Å²) < 4.78 is 1.94. The molecule has 2 unspecified atom stereocenters. The summed E-state index contributed by atoms with van der Waals surface area (Å²) in [6.45, 7) is 5.90. The van der Waals surface area contributed by atoms with Gasteiger partial charge < -0.3 is 10.2 Å². The van der Waals surface area contributed by atoms with Crippen molar-refractivity contribution in [2.24, 2.45) is 0 Å². The zero-order chi connectivity index (χ0) is 13.3. The first-order valence-corrected chi connectivity index (χ1v) is 7.86. The van der Waals surface area contributed by atoms with Crippen LogP contribution in [0, 0.1) is 3.57 Å². The number of benzene rings is 1. The number of hydrogen-bond donors (Lipinski definition) is 1. The highest BCUT2D eigenvalue weighted by Crippen LogP contribution is 2.22. The summed E-state index contributed by atoms with van der Waals surface area (Å²) in [6, 6.07) is 6.30. The molecule has 0 radical (unpaired) electrons. The maximum absolute atomic E-state index is 12.7. The van der Waals surface area contributed by atoms with Crippen molar-refractivity contribution >= 4 is 44.4 Å². The van der Waals surface area contributed by atoms with Gasteiger partial charge in [-0.05, 0) is 54.6 Å². The number of rotatable bonds is 1. The summed E-state index contributed by atoms with van der Waals surface area (Å²) in [6.07, 6.45) is 0. The number of amides is 1. The Morgan fingerprint density at radius 3 is 2.61 bits per heavy atom. The predicted molar refractivity (Wildman–Crippen MR) is 84.8 cm³/mol. The minimum atomic E-state index is 0.127. The van der Waals surface area contributed by atoms with Crippen molar-refractivity contribution in [3.05, 3.63) is 31.8 Å². The minimum Gasteiger partial charge on any atom is -0.331 e. The summed E-state index contributed by atoms with van der Waals surface area (Å²) in [4.78, 5) is 14.7. The Morgan fingerprint density at radius 1 is 1.39 bits per heavy atom. The third-order valence-corrected chi connectivity index (χ3v) is 4.66. The Bertz CT molecular complexity index is 456. The van der Waals surface area contributed by atoms with Crippen LogP contribution in [0.4, 0.5) is 0 Å². The number of nitrogens with one attached hydrogen (secondary N) is 1. The first kappa shape index (κ1) is 14.3. The van der Waals surface area contributed by atoms with Gasteiger partial charge in [-0.15, -0.1) is 0 Å². The molecule has 2 atom stereocenters. The third-order valence-electron chi connectivity index (χ3n) is 3.22. The van der Waals surface area contributed by atoms with Crippen LogP contribution in [-0.2, 0) is 0 Å². The molecule has 1 fully saturated rings. The van der Waals surface area contributed by atoms with Crippen LogP contribution in [0.2, 0.25) is 0 Å². The van der Waals surface area contributed by atoms with Crippen LogP contribution in [0.3, 0.4) is 0 Å². The van der Waals surface area contributed by atoms with Crippen molar-refractivity contribution in [2.45, 2.75) is 25.9 Å². The Kier molecular flexibility index (Phi) is 4.66. The van der Waals surface area contributed by atoms with E-state index >= 15 is 0 Å². The molecule has 1 saturated heterocycles. The van der Waals surface area contributed by atoms with Gasteiger partial charge in [-0.2, -0.15) is 0 Å². The lowest BCUT2D eigenvalue weighted by molar-refractivity contribution is 0.0543. The fourth-order valence-electron chi connectivity index (χ4n) is 2.33.